The van der Waals surface area contributed by atoms with Gasteiger partial charge in [0, 0.05) is 25.3 Å². The van der Waals surface area contributed by atoms with Gasteiger partial charge in [0.05, 0.1) is 11.6 Å². The highest BCUT2D eigenvalue weighted by Crippen LogP contribution is 2.25. The summed E-state index contributed by atoms with van der Waals surface area (Å²) in [6.07, 6.45) is 9.70. The van der Waals surface area contributed by atoms with Gasteiger partial charge < -0.3 is 14.7 Å². The van der Waals surface area contributed by atoms with Crippen LogP contribution in [0.25, 0.3) is 0 Å². The van der Waals surface area contributed by atoms with Crippen LogP contribution in [0.4, 0.5) is 0 Å². The maximum atomic E-state index is 12.6. The SMILES string of the molecule is COc1ccc(C(=O)NC(=S)N(CCCCO)CCC2=CCCCC2)cc1Br. The maximum absolute atomic E-state index is 12.6. The van der Waals surface area contributed by atoms with Crippen LogP contribution in [-0.2, 0) is 0 Å². The molecule has 0 aliphatic heterocycles. The Hall–Kier alpha value is -1.44. The monoisotopic (exact) mass is 468 g/mol. The summed E-state index contributed by atoms with van der Waals surface area (Å²) in [7, 11) is 1.58. The van der Waals surface area contributed by atoms with E-state index in [4.69, 9.17) is 22.1 Å². The van der Waals surface area contributed by atoms with E-state index in [0.717, 1.165) is 49.7 Å². The number of benzene rings is 1. The third-order valence-electron chi connectivity index (χ3n) is 4.85. The number of thiocarbonyl (C=S) groups is 1. The second-order valence-corrected chi connectivity index (χ2v) is 8.13. The van der Waals surface area contributed by atoms with Crippen molar-refractivity contribution in [1.29, 1.82) is 0 Å². The third kappa shape index (κ3) is 7.18. The molecule has 0 aromatic heterocycles. The molecular weight excluding hydrogens is 440 g/mol. The summed E-state index contributed by atoms with van der Waals surface area (Å²) in [5.41, 5.74) is 1.99. The van der Waals surface area contributed by atoms with Crippen molar-refractivity contribution in [2.75, 3.05) is 26.8 Å². The van der Waals surface area contributed by atoms with Gasteiger partial charge in [-0.25, -0.2) is 0 Å². The predicted octanol–water partition coefficient (Wildman–Crippen LogP) is 4.44. The smallest absolute Gasteiger partial charge is 0.257 e. The van der Waals surface area contributed by atoms with E-state index in [1.54, 1.807) is 25.3 Å². The lowest BCUT2D eigenvalue weighted by molar-refractivity contribution is 0.0973. The molecule has 1 aromatic rings. The van der Waals surface area contributed by atoms with E-state index in [9.17, 15) is 4.79 Å². The highest BCUT2D eigenvalue weighted by atomic mass is 79.9. The fourth-order valence-electron chi connectivity index (χ4n) is 3.20. The van der Waals surface area contributed by atoms with E-state index in [-0.39, 0.29) is 12.5 Å². The van der Waals surface area contributed by atoms with E-state index in [2.05, 4.69) is 27.3 Å². The predicted molar refractivity (Wildman–Crippen MR) is 120 cm³/mol. The standard InChI is InChI=1S/C21H29BrN2O3S/c1-27-19-10-9-17(15-18(19)22)20(26)23-21(28)24(12-5-6-14-25)13-11-16-7-3-2-4-8-16/h7,9-10,15,25H,2-6,8,11-14H2,1H3,(H,23,26,28). The van der Waals surface area contributed by atoms with Gasteiger partial charge >= 0.3 is 0 Å². The average Bonchev–Trinajstić information content (AvgIpc) is 2.71. The van der Waals surface area contributed by atoms with Crippen LogP contribution in [0.3, 0.4) is 0 Å². The normalized spacial score (nSPS) is 13.6. The van der Waals surface area contributed by atoms with Crippen molar-refractivity contribution < 1.29 is 14.6 Å². The van der Waals surface area contributed by atoms with Crippen molar-refractivity contribution >= 4 is 39.2 Å². The summed E-state index contributed by atoms with van der Waals surface area (Å²) < 4.78 is 5.93. The topological polar surface area (TPSA) is 61.8 Å². The number of carbonyl (C=O) groups excluding carboxylic acids is 1. The van der Waals surface area contributed by atoms with Crippen LogP contribution in [0.1, 0.15) is 55.3 Å². The minimum absolute atomic E-state index is 0.165. The molecule has 154 valence electrons. The first-order chi connectivity index (χ1) is 13.5. The number of aliphatic hydroxyl groups excluding tert-OH is 1. The van der Waals surface area contributed by atoms with Crippen LogP contribution in [-0.4, -0.2) is 47.8 Å². The molecule has 2 N–H and O–H groups in total. The molecule has 0 fully saturated rings. The highest BCUT2D eigenvalue weighted by Gasteiger charge is 2.16. The van der Waals surface area contributed by atoms with E-state index in [1.807, 2.05) is 4.90 Å². The second-order valence-electron chi connectivity index (χ2n) is 6.88. The number of allylic oxidation sites excluding steroid dienone is 1. The van der Waals surface area contributed by atoms with Crippen molar-refractivity contribution in [1.82, 2.24) is 10.2 Å². The van der Waals surface area contributed by atoms with Crippen molar-refractivity contribution in [2.45, 2.75) is 44.9 Å². The summed E-state index contributed by atoms with van der Waals surface area (Å²) >= 11 is 8.93. The molecule has 0 unspecified atom stereocenters. The van der Waals surface area contributed by atoms with E-state index in [1.165, 1.54) is 18.4 Å². The number of rotatable bonds is 9. The van der Waals surface area contributed by atoms with Gasteiger partial charge in [-0.1, -0.05) is 11.6 Å². The molecule has 0 heterocycles. The molecule has 0 spiro atoms. The quantitative estimate of drug-likeness (QED) is 0.318. The number of unbranched alkanes of at least 4 members (excludes halogenated alkanes) is 1. The molecule has 5 nitrogen and oxygen atoms in total. The zero-order valence-electron chi connectivity index (χ0n) is 16.4. The van der Waals surface area contributed by atoms with Crippen LogP contribution in [0.5, 0.6) is 5.75 Å². The molecule has 7 heteroatoms. The van der Waals surface area contributed by atoms with Crippen molar-refractivity contribution in [3.05, 3.63) is 39.9 Å². The van der Waals surface area contributed by atoms with E-state index in [0.29, 0.717) is 16.4 Å². The molecule has 0 radical (unpaired) electrons. The highest BCUT2D eigenvalue weighted by molar-refractivity contribution is 9.10. The summed E-state index contributed by atoms with van der Waals surface area (Å²) in [5.74, 6) is 0.433. The molecule has 28 heavy (non-hydrogen) atoms. The minimum atomic E-state index is -0.239. The minimum Gasteiger partial charge on any atom is -0.496 e. The second kappa shape index (κ2) is 12.2. The van der Waals surface area contributed by atoms with Gasteiger partial charge in [-0.05, 0) is 91.3 Å². The number of hydrogen-bond donors (Lipinski definition) is 2. The van der Waals surface area contributed by atoms with E-state index >= 15 is 0 Å². The number of hydrogen-bond acceptors (Lipinski definition) is 4. The zero-order chi connectivity index (χ0) is 20.4. The first kappa shape index (κ1) is 22.8. The van der Waals surface area contributed by atoms with Gasteiger partial charge in [-0.2, -0.15) is 0 Å². The number of halogens is 1. The van der Waals surface area contributed by atoms with Crippen molar-refractivity contribution in [3.63, 3.8) is 0 Å². The summed E-state index contributed by atoms with van der Waals surface area (Å²) in [4.78, 5) is 14.6. The maximum Gasteiger partial charge on any atom is 0.257 e. The summed E-state index contributed by atoms with van der Waals surface area (Å²) in [6.45, 7) is 1.67. The van der Waals surface area contributed by atoms with Gasteiger partial charge in [0.25, 0.3) is 5.91 Å². The van der Waals surface area contributed by atoms with Crippen LogP contribution >= 0.6 is 28.1 Å². The molecule has 1 amide bonds. The molecule has 2 rings (SSSR count). The van der Waals surface area contributed by atoms with Crippen molar-refractivity contribution in [3.8, 4) is 5.75 Å². The number of nitrogens with one attached hydrogen (secondary N) is 1. The Morgan fingerprint density at radius 1 is 1.32 bits per heavy atom. The molecule has 1 aliphatic carbocycles. The lowest BCUT2D eigenvalue weighted by Gasteiger charge is -2.26. The Morgan fingerprint density at radius 2 is 2.14 bits per heavy atom. The van der Waals surface area contributed by atoms with Gasteiger partial charge in [0.2, 0.25) is 0 Å². The largest absolute Gasteiger partial charge is 0.496 e. The number of amides is 1. The zero-order valence-corrected chi connectivity index (χ0v) is 18.8. The van der Waals surface area contributed by atoms with E-state index < -0.39 is 0 Å². The first-order valence-corrected chi connectivity index (χ1v) is 11.0. The number of nitrogens with zero attached hydrogens (tertiary/aromatic N) is 1. The molecule has 1 aliphatic rings. The molecule has 1 aromatic carbocycles. The van der Waals surface area contributed by atoms with Gasteiger partial charge in [-0.3, -0.25) is 10.1 Å². The Morgan fingerprint density at radius 3 is 2.79 bits per heavy atom. The first-order valence-electron chi connectivity index (χ1n) is 9.77. The summed E-state index contributed by atoms with van der Waals surface area (Å²) in [6, 6.07) is 5.18. The van der Waals surface area contributed by atoms with Gasteiger partial charge in [-0.15, -0.1) is 0 Å². The van der Waals surface area contributed by atoms with Crippen LogP contribution in [0, 0.1) is 0 Å². The number of carbonyl (C=O) groups is 1. The average molecular weight is 469 g/mol. The van der Waals surface area contributed by atoms with Crippen LogP contribution in [0.15, 0.2) is 34.3 Å². The fraction of sp³-hybridized carbons (Fsp3) is 0.524. The van der Waals surface area contributed by atoms with Crippen LogP contribution < -0.4 is 10.1 Å². The molecule has 0 saturated carbocycles. The van der Waals surface area contributed by atoms with Gasteiger partial charge in [0.15, 0.2) is 5.11 Å². The van der Waals surface area contributed by atoms with Crippen molar-refractivity contribution in [2.24, 2.45) is 0 Å². The lowest BCUT2D eigenvalue weighted by Crippen LogP contribution is -2.43. The molecule has 0 bridgehead atoms. The Kier molecular flexibility index (Phi) is 9.95. The summed E-state index contributed by atoms with van der Waals surface area (Å²) in [5, 5.41) is 12.4. The Balaban J connectivity index is 1.98. The fourth-order valence-corrected chi connectivity index (χ4v) is 4.01. The molecule has 0 atom stereocenters. The number of methoxy groups -OCH3 is 1. The van der Waals surface area contributed by atoms with Crippen LogP contribution in [0.2, 0.25) is 0 Å². The molecule has 0 saturated heterocycles. The number of aliphatic hydroxyl groups is 1. The third-order valence-corrected chi connectivity index (χ3v) is 5.83. The Bertz CT molecular complexity index is 709. The number of ether oxygens (including phenoxy) is 1. The Labute approximate surface area is 181 Å². The lowest BCUT2D eigenvalue weighted by atomic mass is 9.97. The van der Waals surface area contributed by atoms with Gasteiger partial charge in [0.1, 0.15) is 5.75 Å². The molecular formula is C21H29BrN2O3S.